The number of fused-ring (bicyclic) bond motifs is 2. The fraction of sp³-hybridized carbons (Fsp3) is 0.528. The number of methoxy groups -OCH3 is 1. The van der Waals surface area contributed by atoms with Crippen LogP contribution in [0.2, 0.25) is 0 Å². The van der Waals surface area contributed by atoms with E-state index in [2.05, 4.69) is 10.6 Å². The summed E-state index contributed by atoms with van der Waals surface area (Å²) < 4.78 is 11.4. The fourth-order valence-corrected chi connectivity index (χ4v) is 5.70. The number of hydrogen-bond donors (Lipinski definition) is 4. The lowest BCUT2D eigenvalue weighted by molar-refractivity contribution is -0.156. The maximum Gasteiger partial charge on any atom is 0.328 e. The van der Waals surface area contributed by atoms with Crippen LogP contribution in [0, 0.1) is 11.8 Å². The molecule has 1 aromatic carbocycles. The highest BCUT2D eigenvalue weighted by atomic mass is 16.5. The molecule has 0 radical (unpaired) electrons. The Morgan fingerprint density at radius 1 is 1.07 bits per heavy atom. The maximum atomic E-state index is 13.1. The number of rotatable bonds is 5. The van der Waals surface area contributed by atoms with E-state index in [1.807, 2.05) is 44.2 Å². The Balaban J connectivity index is 1.78. The van der Waals surface area contributed by atoms with Crippen LogP contribution in [0.5, 0.6) is 5.75 Å². The minimum atomic E-state index is -0.874. The molecule has 1 fully saturated rings. The first kappa shape index (κ1) is 35.8. The number of ether oxygens (including phenoxy) is 2. The van der Waals surface area contributed by atoms with E-state index in [-0.39, 0.29) is 29.9 Å². The summed E-state index contributed by atoms with van der Waals surface area (Å²) in [7, 11) is 1.54. The number of aliphatic hydroxyl groups excluding tert-OH is 1. The summed E-state index contributed by atoms with van der Waals surface area (Å²) in [5, 5.41) is 27.2. The molecule has 246 valence electrons. The van der Waals surface area contributed by atoms with E-state index in [1.165, 1.54) is 13.2 Å². The summed E-state index contributed by atoms with van der Waals surface area (Å²) in [5.74, 6) is -1.33. The van der Waals surface area contributed by atoms with E-state index in [1.54, 1.807) is 31.2 Å². The molecule has 3 rings (SSSR count). The van der Waals surface area contributed by atoms with Crippen molar-refractivity contribution in [2.75, 3.05) is 12.4 Å². The van der Waals surface area contributed by atoms with Crippen LogP contribution in [0.3, 0.4) is 0 Å². The monoisotopic (exact) mass is 622 g/mol. The number of nitrogens with one attached hydrogen (secondary N) is 2. The van der Waals surface area contributed by atoms with Crippen molar-refractivity contribution in [1.29, 1.82) is 0 Å². The molecule has 0 aromatic heterocycles. The summed E-state index contributed by atoms with van der Waals surface area (Å²) in [6.45, 7) is 5.33. The molecule has 2 amide bonds. The lowest BCUT2D eigenvalue weighted by atomic mass is 9.88. The van der Waals surface area contributed by atoms with Gasteiger partial charge in [0, 0.05) is 37.1 Å². The summed E-state index contributed by atoms with van der Waals surface area (Å²) >= 11 is 0. The van der Waals surface area contributed by atoms with Crippen molar-refractivity contribution in [3.05, 3.63) is 71.9 Å². The third-order valence-corrected chi connectivity index (χ3v) is 8.52. The van der Waals surface area contributed by atoms with Gasteiger partial charge in [-0.3, -0.25) is 9.59 Å². The van der Waals surface area contributed by atoms with Crippen molar-refractivity contribution in [2.45, 2.75) is 103 Å². The van der Waals surface area contributed by atoms with Crippen molar-refractivity contribution >= 4 is 23.5 Å². The molecule has 0 spiro atoms. The average Bonchev–Trinajstić information content (AvgIpc) is 3.01. The van der Waals surface area contributed by atoms with Gasteiger partial charge in [-0.25, -0.2) is 4.79 Å². The number of carbonyl (C=O) groups is 3. The number of esters is 1. The van der Waals surface area contributed by atoms with Gasteiger partial charge >= 0.3 is 5.97 Å². The van der Waals surface area contributed by atoms with Crippen molar-refractivity contribution in [2.24, 2.45) is 11.8 Å². The summed E-state index contributed by atoms with van der Waals surface area (Å²) in [4.78, 5) is 38.5. The van der Waals surface area contributed by atoms with Gasteiger partial charge in [-0.2, -0.15) is 0 Å². The molecule has 1 saturated carbocycles. The minimum Gasteiger partial charge on any atom is -0.508 e. The van der Waals surface area contributed by atoms with Crippen LogP contribution in [0.15, 0.2) is 66.3 Å². The minimum absolute atomic E-state index is 0.0465. The number of anilines is 1. The molecule has 1 aromatic rings. The van der Waals surface area contributed by atoms with Gasteiger partial charge in [-0.05, 0) is 62.8 Å². The normalized spacial score (nSPS) is 28.2. The van der Waals surface area contributed by atoms with Gasteiger partial charge in [0.25, 0.3) is 0 Å². The number of allylic oxidation sites excluding steroid dienone is 5. The van der Waals surface area contributed by atoms with E-state index < -0.39 is 36.2 Å². The average molecular weight is 623 g/mol. The second-order valence-electron chi connectivity index (χ2n) is 12.2. The van der Waals surface area contributed by atoms with Crippen molar-refractivity contribution < 1.29 is 34.1 Å². The fourth-order valence-electron chi connectivity index (χ4n) is 5.70. The highest BCUT2D eigenvalue weighted by Crippen LogP contribution is 2.26. The van der Waals surface area contributed by atoms with Gasteiger partial charge in [0.05, 0.1) is 18.6 Å². The van der Waals surface area contributed by atoms with Crippen LogP contribution in [0.25, 0.3) is 0 Å². The largest absolute Gasteiger partial charge is 0.508 e. The molecule has 1 aliphatic carbocycles. The Labute approximate surface area is 267 Å². The van der Waals surface area contributed by atoms with Crippen molar-refractivity contribution in [3.63, 3.8) is 0 Å². The topological polar surface area (TPSA) is 134 Å². The SMILES string of the molecule is CO[C@@H]1\C=C/C=C\C=C/C[C@H](OC(=O)[C@H](C)NC(=O)C2CCCCC2)[C@@H](C)[C@@H](O)/C(C)=C\CCc2cc(O)cc(c2)NC(=O)C1. The molecule has 0 saturated heterocycles. The molecular weight excluding hydrogens is 572 g/mol. The molecule has 9 heteroatoms. The molecule has 45 heavy (non-hydrogen) atoms. The molecule has 5 atom stereocenters. The predicted octanol–water partition coefficient (Wildman–Crippen LogP) is 5.68. The lowest BCUT2D eigenvalue weighted by Crippen LogP contribution is -2.45. The van der Waals surface area contributed by atoms with Gasteiger partial charge < -0.3 is 30.3 Å². The Morgan fingerprint density at radius 3 is 2.53 bits per heavy atom. The first-order chi connectivity index (χ1) is 21.6. The second kappa shape index (κ2) is 18.3. The Morgan fingerprint density at radius 2 is 1.80 bits per heavy atom. The Bertz CT molecular complexity index is 1260. The van der Waals surface area contributed by atoms with Crippen LogP contribution < -0.4 is 10.6 Å². The second-order valence-corrected chi connectivity index (χ2v) is 12.2. The number of hydrogen-bond acceptors (Lipinski definition) is 7. The molecule has 9 nitrogen and oxygen atoms in total. The first-order valence-electron chi connectivity index (χ1n) is 16.1. The summed E-state index contributed by atoms with van der Waals surface area (Å²) in [6, 6.07) is 4.16. The van der Waals surface area contributed by atoms with Gasteiger partial charge in [0.15, 0.2) is 0 Å². The van der Waals surface area contributed by atoms with Gasteiger partial charge in [0.2, 0.25) is 11.8 Å². The van der Waals surface area contributed by atoms with E-state index in [0.29, 0.717) is 24.9 Å². The zero-order valence-corrected chi connectivity index (χ0v) is 27.0. The van der Waals surface area contributed by atoms with Crippen LogP contribution in [-0.2, 0) is 30.3 Å². The van der Waals surface area contributed by atoms with E-state index >= 15 is 0 Å². The predicted molar refractivity (Wildman–Crippen MR) is 175 cm³/mol. The quantitative estimate of drug-likeness (QED) is 0.245. The third-order valence-electron chi connectivity index (χ3n) is 8.52. The highest BCUT2D eigenvalue weighted by molar-refractivity contribution is 5.91. The molecule has 2 bridgehead atoms. The summed E-state index contributed by atoms with van der Waals surface area (Å²) in [6.07, 6.45) is 17.4. The van der Waals surface area contributed by atoms with E-state index in [0.717, 1.165) is 43.2 Å². The third kappa shape index (κ3) is 12.0. The Hall–Kier alpha value is -3.69. The molecule has 1 heterocycles. The van der Waals surface area contributed by atoms with Crippen LogP contribution in [-0.4, -0.2) is 59.5 Å². The van der Waals surface area contributed by atoms with Gasteiger partial charge in [-0.1, -0.05) is 68.7 Å². The van der Waals surface area contributed by atoms with Crippen LogP contribution in [0.4, 0.5) is 5.69 Å². The van der Waals surface area contributed by atoms with Crippen LogP contribution in [0.1, 0.15) is 77.7 Å². The maximum absolute atomic E-state index is 13.1. The Kier molecular flexibility index (Phi) is 14.6. The molecule has 2 aliphatic rings. The molecule has 4 N–H and O–H groups in total. The number of carbonyl (C=O) groups excluding carboxylic acids is 3. The number of benzene rings is 1. The van der Waals surface area contributed by atoms with Crippen molar-refractivity contribution in [3.8, 4) is 5.75 Å². The zero-order chi connectivity index (χ0) is 32.8. The number of aliphatic hydroxyl groups is 1. The zero-order valence-electron chi connectivity index (χ0n) is 27.0. The van der Waals surface area contributed by atoms with Gasteiger partial charge in [-0.15, -0.1) is 0 Å². The van der Waals surface area contributed by atoms with Crippen LogP contribution >= 0.6 is 0 Å². The molecule has 1 aliphatic heterocycles. The number of aromatic hydroxyl groups is 1. The summed E-state index contributed by atoms with van der Waals surface area (Å²) in [5.41, 5.74) is 2.06. The molecule has 0 unspecified atom stereocenters. The smallest absolute Gasteiger partial charge is 0.328 e. The number of amides is 2. The number of phenolic OH excluding ortho intramolecular Hbond substituents is 1. The first-order valence-corrected chi connectivity index (χ1v) is 16.1. The van der Waals surface area contributed by atoms with E-state index in [4.69, 9.17) is 9.47 Å². The molecular formula is C36H50N2O7. The highest BCUT2D eigenvalue weighted by Gasteiger charge is 2.31. The standard InChI is InChI=1S/C36H50N2O7/c1-24-14-13-15-27-20-29(22-30(39)21-27)38-33(40)23-31(44-4)18-11-6-5-7-12-19-32(25(2)34(24)41)45-36(43)26(3)37-35(42)28-16-9-8-10-17-28/h5-7,11-12,14,18,20-22,25-26,28,31-32,34,39,41H,8-10,13,15-17,19,23H2,1-4H3,(H,37,42)(H,38,40)/b6-5-,12-7-,18-11-,24-14-/t25-,26+,31-,32+,34+/m1/s1. The van der Waals surface area contributed by atoms with Crippen molar-refractivity contribution in [1.82, 2.24) is 5.32 Å². The number of phenols is 1. The lowest BCUT2D eigenvalue weighted by Gasteiger charge is -2.29. The number of aryl methyl sites for hydroxylation is 1. The van der Waals surface area contributed by atoms with E-state index in [9.17, 15) is 24.6 Å². The van der Waals surface area contributed by atoms with Gasteiger partial charge in [0.1, 0.15) is 17.9 Å².